The van der Waals surface area contributed by atoms with Gasteiger partial charge in [0.15, 0.2) is 5.78 Å². The van der Waals surface area contributed by atoms with Crippen molar-refractivity contribution in [3.05, 3.63) is 26.6 Å². The summed E-state index contributed by atoms with van der Waals surface area (Å²) in [6.45, 7) is 6.13. The Balaban J connectivity index is 1.90. The first-order valence-electron chi connectivity index (χ1n) is 9.34. The van der Waals surface area contributed by atoms with Crippen molar-refractivity contribution in [2.75, 3.05) is 13.1 Å². The van der Waals surface area contributed by atoms with E-state index in [1.807, 2.05) is 6.92 Å². The fourth-order valence-corrected chi connectivity index (χ4v) is 5.36. The highest BCUT2D eigenvalue weighted by molar-refractivity contribution is 7.18. The predicted octanol–water partition coefficient (Wildman–Crippen LogP) is 3.08. The molecule has 2 aliphatic rings. The molecule has 2 aromatic heterocycles. The van der Waals surface area contributed by atoms with Gasteiger partial charge in [-0.25, -0.2) is 4.98 Å². The molecule has 5 nitrogen and oxygen atoms in total. The molecule has 0 N–H and O–H groups in total. The van der Waals surface area contributed by atoms with Crippen LogP contribution in [0.4, 0.5) is 0 Å². The average molecular weight is 359 g/mol. The number of fused-ring (bicyclic) bond motifs is 3. The minimum atomic E-state index is -0.457. The molecule has 25 heavy (non-hydrogen) atoms. The van der Waals surface area contributed by atoms with Crippen molar-refractivity contribution in [1.82, 2.24) is 14.5 Å². The summed E-state index contributed by atoms with van der Waals surface area (Å²) in [6.07, 6.45) is 6.74. The van der Waals surface area contributed by atoms with Crippen LogP contribution < -0.4 is 5.56 Å². The standard InChI is InChI=1S/C19H25N3O2S/c1-12(13(2)23)22-16(11-21-9-5-6-10-21)20-18-17(19(22)24)14-7-3-4-8-15(14)25-18/h12H,3-11H2,1-2H3. The van der Waals surface area contributed by atoms with E-state index in [1.54, 1.807) is 22.8 Å². The van der Waals surface area contributed by atoms with Crippen molar-refractivity contribution < 1.29 is 4.79 Å². The third kappa shape index (κ3) is 2.95. The molecule has 0 spiro atoms. The van der Waals surface area contributed by atoms with Gasteiger partial charge in [-0.3, -0.25) is 19.1 Å². The maximum absolute atomic E-state index is 13.4. The van der Waals surface area contributed by atoms with E-state index in [9.17, 15) is 9.59 Å². The number of ketones is 1. The summed E-state index contributed by atoms with van der Waals surface area (Å²) in [5.41, 5.74) is 1.18. The van der Waals surface area contributed by atoms with E-state index in [-0.39, 0.29) is 11.3 Å². The first-order chi connectivity index (χ1) is 12.1. The maximum Gasteiger partial charge on any atom is 0.263 e. The average Bonchev–Trinajstić information content (AvgIpc) is 3.21. The van der Waals surface area contributed by atoms with E-state index in [2.05, 4.69) is 4.90 Å². The van der Waals surface area contributed by atoms with Gasteiger partial charge in [0.2, 0.25) is 0 Å². The summed E-state index contributed by atoms with van der Waals surface area (Å²) < 4.78 is 1.67. The van der Waals surface area contributed by atoms with Crippen molar-refractivity contribution in [1.29, 1.82) is 0 Å². The molecule has 1 aliphatic carbocycles. The van der Waals surface area contributed by atoms with E-state index in [0.717, 1.165) is 48.4 Å². The van der Waals surface area contributed by atoms with Crippen LogP contribution >= 0.6 is 11.3 Å². The number of likely N-dealkylation sites (tertiary alicyclic amines) is 1. The summed E-state index contributed by atoms with van der Waals surface area (Å²) in [4.78, 5) is 34.8. The summed E-state index contributed by atoms with van der Waals surface area (Å²) in [6, 6.07) is -0.457. The number of hydrogen-bond acceptors (Lipinski definition) is 5. The lowest BCUT2D eigenvalue weighted by Gasteiger charge is -2.21. The van der Waals surface area contributed by atoms with Gasteiger partial charge >= 0.3 is 0 Å². The number of hydrogen-bond donors (Lipinski definition) is 0. The van der Waals surface area contributed by atoms with Crippen molar-refractivity contribution in [2.24, 2.45) is 0 Å². The lowest BCUT2D eigenvalue weighted by molar-refractivity contribution is -0.119. The quantitative estimate of drug-likeness (QED) is 0.842. The molecule has 134 valence electrons. The van der Waals surface area contributed by atoms with Crippen LogP contribution in [0.1, 0.15) is 61.8 Å². The Bertz CT molecular complexity index is 877. The highest BCUT2D eigenvalue weighted by Gasteiger charge is 2.26. The largest absolute Gasteiger partial charge is 0.298 e. The van der Waals surface area contributed by atoms with E-state index < -0.39 is 6.04 Å². The molecule has 0 radical (unpaired) electrons. The van der Waals surface area contributed by atoms with Crippen LogP contribution in [-0.4, -0.2) is 33.3 Å². The minimum Gasteiger partial charge on any atom is -0.298 e. The number of nitrogens with zero attached hydrogens (tertiary/aromatic N) is 3. The van der Waals surface area contributed by atoms with E-state index in [0.29, 0.717) is 6.54 Å². The summed E-state index contributed by atoms with van der Waals surface area (Å²) in [5.74, 6) is 0.760. The van der Waals surface area contributed by atoms with Crippen LogP contribution in [0.5, 0.6) is 0 Å². The van der Waals surface area contributed by atoms with Crippen molar-refractivity contribution >= 4 is 27.3 Å². The SMILES string of the molecule is CC(=O)C(C)n1c(CN2CCCC2)nc2sc3c(c2c1=O)CCCC3. The molecule has 1 atom stereocenters. The second kappa shape index (κ2) is 6.65. The molecule has 6 heteroatoms. The predicted molar refractivity (Wildman–Crippen MR) is 100 cm³/mol. The number of rotatable bonds is 4. The molecule has 4 rings (SSSR count). The zero-order chi connectivity index (χ0) is 17.6. The highest BCUT2D eigenvalue weighted by atomic mass is 32.1. The van der Waals surface area contributed by atoms with Gasteiger partial charge in [0.25, 0.3) is 5.56 Å². The van der Waals surface area contributed by atoms with Gasteiger partial charge < -0.3 is 0 Å². The Morgan fingerprint density at radius 2 is 1.92 bits per heavy atom. The van der Waals surface area contributed by atoms with Gasteiger partial charge in [0.05, 0.1) is 18.0 Å². The second-order valence-corrected chi connectivity index (χ2v) is 8.45. The monoisotopic (exact) mass is 359 g/mol. The zero-order valence-corrected chi connectivity index (χ0v) is 15.8. The number of Topliss-reactive ketones (excluding diaryl/α,β-unsaturated/α-hetero) is 1. The van der Waals surface area contributed by atoms with E-state index in [4.69, 9.17) is 4.98 Å². The zero-order valence-electron chi connectivity index (χ0n) is 15.0. The van der Waals surface area contributed by atoms with Crippen LogP contribution in [-0.2, 0) is 24.2 Å². The topological polar surface area (TPSA) is 55.2 Å². The first-order valence-corrected chi connectivity index (χ1v) is 10.2. The van der Waals surface area contributed by atoms with Crippen LogP contribution in [0.15, 0.2) is 4.79 Å². The summed E-state index contributed by atoms with van der Waals surface area (Å²) >= 11 is 1.69. The van der Waals surface area contributed by atoms with Gasteiger partial charge in [-0.05, 0) is 71.0 Å². The number of carbonyl (C=O) groups is 1. The van der Waals surface area contributed by atoms with E-state index >= 15 is 0 Å². The van der Waals surface area contributed by atoms with Crippen molar-refractivity contribution in [2.45, 2.75) is 65.0 Å². The molecule has 0 bridgehead atoms. The molecule has 0 amide bonds. The molecule has 1 unspecified atom stereocenters. The third-order valence-corrected chi connectivity index (χ3v) is 6.82. The Kier molecular flexibility index (Phi) is 4.50. The molecule has 1 saturated heterocycles. The fraction of sp³-hybridized carbons (Fsp3) is 0.632. The van der Waals surface area contributed by atoms with Gasteiger partial charge in [-0.1, -0.05) is 0 Å². The molecule has 1 fully saturated rings. The van der Waals surface area contributed by atoms with Crippen LogP contribution in [0.2, 0.25) is 0 Å². The number of thiophene rings is 1. The number of aryl methyl sites for hydroxylation is 2. The molecule has 0 aromatic carbocycles. The molecule has 2 aromatic rings. The van der Waals surface area contributed by atoms with Crippen molar-refractivity contribution in [3.8, 4) is 0 Å². The summed E-state index contributed by atoms with van der Waals surface area (Å²) in [7, 11) is 0. The molecular weight excluding hydrogens is 334 g/mol. The van der Waals surface area contributed by atoms with Crippen LogP contribution in [0.3, 0.4) is 0 Å². The summed E-state index contributed by atoms with van der Waals surface area (Å²) in [5, 5.41) is 0.776. The minimum absolute atomic E-state index is 0.00928. The van der Waals surface area contributed by atoms with Gasteiger partial charge in [0, 0.05) is 4.88 Å². The lowest BCUT2D eigenvalue weighted by atomic mass is 9.97. The Morgan fingerprint density at radius 3 is 2.64 bits per heavy atom. The third-order valence-electron chi connectivity index (χ3n) is 5.63. The first kappa shape index (κ1) is 16.9. The van der Waals surface area contributed by atoms with Crippen LogP contribution in [0, 0.1) is 0 Å². The Hall–Kier alpha value is -1.53. The van der Waals surface area contributed by atoms with Crippen molar-refractivity contribution in [3.63, 3.8) is 0 Å². The number of aromatic nitrogens is 2. The lowest BCUT2D eigenvalue weighted by Crippen LogP contribution is -2.34. The second-order valence-electron chi connectivity index (χ2n) is 7.36. The Labute approximate surface area is 151 Å². The molecular formula is C19H25N3O2S. The Morgan fingerprint density at radius 1 is 1.20 bits per heavy atom. The van der Waals surface area contributed by atoms with Gasteiger partial charge in [-0.2, -0.15) is 0 Å². The fourth-order valence-electron chi connectivity index (χ4n) is 4.09. The number of carbonyl (C=O) groups excluding carboxylic acids is 1. The van der Waals surface area contributed by atoms with Gasteiger partial charge in [-0.15, -0.1) is 11.3 Å². The van der Waals surface area contributed by atoms with Gasteiger partial charge in [0.1, 0.15) is 10.7 Å². The maximum atomic E-state index is 13.4. The molecule has 3 heterocycles. The highest BCUT2D eigenvalue weighted by Crippen LogP contribution is 2.34. The molecule has 1 aliphatic heterocycles. The normalized spacial score (nSPS) is 19.3. The van der Waals surface area contributed by atoms with E-state index in [1.165, 1.54) is 29.7 Å². The molecule has 0 saturated carbocycles. The van der Waals surface area contributed by atoms with Crippen LogP contribution in [0.25, 0.3) is 10.2 Å². The smallest absolute Gasteiger partial charge is 0.263 e.